The molecule has 15 heavy (non-hydrogen) atoms. The van der Waals surface area contributed by atoms with Crippen molar-refractivity contribution in [1.82, 2.24) is 10.6 Å². The standard InChI is InChI=1S/C10H19ClN2O2/c1-8(11)7-13-9(2)10(14)12-5-4-6-15-3/h9,13H,1,4-7H2,2-3H3,(H,12,14). The predicted octanol–water partition coefficient (Wildman–Crippen LogP) is 0.870. The van der Waals surface area contributed by atoms with Crippen molar-refractivity contribution in [3.63, 3.8) is 0 Å². The molecule has 1 unspecified atom stereocenters. The number of ether oxygens (including phenoxy) is 1. The number of rotatable bonds is 8. The van der Waals surface area contributed by atoms with Gasteiger partial charge in [0.15, 0.2) is 0 Å². The van der Waals surface area contributed by atoms with E-state index in [2.05, 4.69) is 17.2 Å². The molecule has 0 saturated carbocycles. The molecule has 0 aromatic carbocycles. The van der Waals surface area contributed by atoms with Gasteiger partial charge in [0.25, 0.3) is 0 Å². The first kappa shape index (κ1) is 14.4. The SMILES string of the molecule is C=C(Cl)CNC(C)C(=O)NCCCOC. The molecule has 0 aliphatic rings. The average molecular weight is 235 g/mol. The van der Waals surface area contributed by atoms with Crippen LogP contribution >= 0.6 is 11.6 Å². The summed E-state index contributed by atoms with van der Waals surface area (Å²) in [6.07, 6.45) is 0.817. The lowest BCUT2D eigenvalue weighted by Crippen LogP contribution is -2.42. The molecule has 1 amide bonds. The van der Waals surface area contributed by atoms with Crippen molar-refractivity contribution >= 4 is 17.5 Å². The average Bonchev–Trinajstić information content (AvgIpc) is 2.20. The van der Waals surface area contributed by atoms with Crippen LogP contribution in [0.3, 0.4) is 0 Å². The Hall–Kier alpha value is -0.580. The predicted molar refractivity (Wildman–Crippen MR) is 62.0 cm³/mol. The molecule has 4 nitrogen and oxygen atoms in total. The van der Waals surface area contributed by atoms with Gasteiger partial charge in [-0.05, 0) is 13.3 Å². The monoisotopic (exact) mass is 234 g/mol. The molecule has 2 N–H and O–H groups in total. The summed E-state index contributed by atoms with van der Waals surface area (Å²) in [5.74, 6) is -0.0379. The van der Waals surface area contributed by atoms with Crippen molar-refractivity contribution in [3.8, 4) is 0 Å². The van der Waals surface area contributed by atoms with E-state index < -0.39 is 0 Å². The molecule has 0 aliphatic carbocycles. The number of hydrogen-bond donors (Lipinski definition) is 2. The second kappa shape index (κ2) is 8.71. The molecule has 0 aliphatic heterocycles. The van der Waals surface area contributed by atoms with E-state index >= 15 is 0 Å². The Balaban J connectivity index is 3.55. The summed E-state index contributed by atoms with van der Waals surface area (Å²) >= 11 is 5.57. The van der Waals surface area contributed by atoms with Crippen LogP contribution in [0.2, 0.25) is 0 Å². The Labute approximate surface area is 96.0 Å². The summed E-state index contributed by atoms with van der Waals surface area (Å²) < 4.78 is 4.87. The fourth-order valence-electron chi connectivity index (χ4n) is 0.938. The Bertz CT molecular complexity index is 210. The van der Waals surface area contributed by atoms with E-state index in [-0.39, 0.29) is 11.9 Å². The van der Waals surface area contributed by atoms with Gasteiger partial charge in [0.2, 0.25) is 5.91 Å². The second-order valence-electron chi connectivity index (χ2n) is 3.26. The minimum absolute atomic E-state index is 0.0379. The lowest BCUT2D eigenvalue weighted by atomic mass is 10.3. The molecule has 0 heterocycles. The first-order chi connectivity index (χ1) is 7.07. The third-order valence-electron chi connectivity index (χ3n) is 1.82. The highest BCUT2D eigenvalue weighted by Crippen LogP contribution is 1.94. The van der Waals surface area contributed by atoms with Crippen LogP contribution in [0.1, 0.15) is 13.3 Å². The quantitative estimate of drug-likeness (QED) is 0.613. The molecule has 88 valence electrons. The van der Waals surface area contributed by atoms with Crippen molar-refractivity contribution in [1.29, 1.82) is 0 Å². The summed E-state index contributed by atoms with van der Waals surface area (Å²) in [6, 6.07) is -0.261. The van der Waals surface area contributed by atoms with Gasteiger partial charge in [-0.25, -0.2) is 0 Å². The Morgan fingerprint density at radius 2 is 2.27 bits per heavy atom. The van der Waals surface area contributed by atoms with E-state index in [1.807, 2.05) is 0 Å². The maximum Gasteiger partial charge on any atom is 0.236 e. The van der Waals surface area contributed by atoms with E-state index in [4.69, 9.17) is 16.3 Å². The van der Waals surface area contributed by atoms with Gasteiger partial charge in [-0.1, -0.05) is 18.2 Å². The van der Waals surface area contributed by atoms with Gasteiger partial charge in [-0.2, -0.15) is 0 Å². The zero-order valence-electron chi connectivity index (χ0n) is 9.31. The molecule has 0 saturated heterocycles. The number of nitrogens with one attached hydrogen (secondary N) is 2. The largest absolute Gasteiger partial charge is 0.385 e. The van der Waals surface area contributed by atoms with E-state index in [1.54, 1.807) is 14.0 Å². The fraction of sp³-hybridized carbons (Fsp3) is 0.700. The number of carbonyl (C=O) groups excluding carboxylic acids is 1. The summed E-state index contributed by atoms with van der Waals surface area (Å²) in [5.41, 5.74) is 0. The highest BCUT2D eigenvalue weighted by molar-refractivity contribution is 6.29. The van der Waals surface area contributed by atoms with Crippen LogP contribution in [0.25, 0.3) is 0 Å². The van der Waals surface area contributed by atoms with Gasteiger partial charge in [0.05, 0.1) is 6.04 Å². The molecule has 0 aromatic rings. The second-order valence-corrected chi connectivity index (χ2v) is 3.79. The van der Waals surface area contributed by atoms with Crippen molar-refractivity contribution in [2.24, 2.45) is 0 Å². The Kier molecular flexibility index (Phi) is 8.37. The first-order valence-corrected chi connectivity index (χ1v) is 5.29. The fourth-order valence-corrected chi connectivity index (χ4v) is 1.01. The molecule has 0 rings (SSSR count). The summed E-state index contributed by atoms with van der Waals surface area (Å²) in [5, 5.41) is 6.23. The van der Waals surface area contributed by atoms with Crippen molar-refractivity contribution < 1.29 is 9.53 Å². The van der Waals surface area contributed by atoms with Crippen LogP contribution in [-0.4, -0.2) is 38.8 Å². The minimum atomic E-state index is -0.261. The lowest BCUT2D eigenvalue weighted by Gasteiger charge is -2.13. The normalized spacial score (nSPS) is 12.2. The van der Waals surface area contributed by atoms with Crippen LogP contribution in [0.4, 0.5) is 0 Å². The number of hydrogen-bond acceptors (Lipinski definition) is 3. The molecular weight excluding hydrogens is 216 g/mol. The van der Waals surface area contributed by atoms with Gasteiger partial charge in [-0.15, -0.1) is 0 Å². The smallest absolute Gasteiger partial charge is 0.236 e. The van der Waals surface area contributed by atoms with Crippen LogP contribution in [-0.2, 0) is 9.53 Å². The van der Waals surface area contributed by atoms with Gasteiger partial charge in [-0.3, -0.25) is 4.79 Å². The van der Waals surface area contributed by atoms with Gasteiger partial charge >= 0.3 is 0 Å². The summed E-state index contributed by atoms with van der Waals surface area (Å²) in [4.78, 5) is 11.4. The van der Waals surface area contributed by atoms with Gasteiger partial charge in [0, 0.05) is 31.8 Å². The highest BCUT2D eigenvalue weighted by Gasteiger charge is 2.10. The maximum absolute atomic E-state index is 11.4. The molecule has 0 spiro atoms. The number of methoxy groups -OCH3 is 1. The molecular formula is C10H19ClN2O2. The van der Waals surface area contributed by atoms with Crippen molar-refractivity contribution in [2.45, 2.75) is 19.4 Å². The molecule has 5 heteroatoms. The summed E-state index contributed by atoms with van der Waals surface area (Å²) in [6.45, 7) is 7.03. The van der Waals surface area contributed by atoms with E-state index in [0.717, 1.165) is 6.42 Å². The van der Waals surface area contributed by atoms with Gasteiger partial charge in [0.1, 0.15) is 0 Å². The van der Waals surface area contributed by atoms with E-state index in [9.17, 15) is 4.79 Å². The minimum Gasteiger partial charge on any atom is -0.385 e. The first-order valence-electron chi connectivity index (χ1n) is 4.91. The van der Waals surface area contributed by atoms with Crippen LogP contribution in [0.5, 0.6) is 0 Å². The van der Waals surface area contributed by atoms with E-state index in [0.29, 0.717) is 24.7 Å². The lowest BCUT2D eigenvalue weighted by molar-refractivity contribution is -0.122. The molecule has 0 aromatic heterocycles. The molecule has 0 radical (unpaired) electrons. The molecule has 1 atom stereocenters. The molecule has 0 bridgehead atoms. The van der Waals surface area contributed by atoms with Crippen LogP contribution < -0.4 is 10.6 Å². The summed E-state index contributed by atoms with van der Waals surface area (Å²) in [7, 11) is 1.64. The van der Waals surface area contributed by atoms with Crippen LogP contribution in [0.15, 0.2) is 11.6 Å². The van der Waals surface area contributed by atoms with Crippen molar-refractivity contribution in [3.05, 3.63) is 11.6 Å². The highest BCUT2D eigenvalue weighted by atomic mass is 35.5. The maximum atomic E-state index is 11.4. The Morgan fingerprint density at radius 3 is 2.80 bits per heavy atom. The number of halogens is 1. The Morgan fingerprint density at radius 1 is 1.60 bits per heavy atom. The van der Waals surface area contributed by atoms with Crippen molar-refractivity contribution in [2.75, 3.05) is 26.8 Å². The number of amides is 1. The molecule has 0 fully saturated rings. The van der Waals surface area contributed by atoms with E-state index in [1.165, 1.54) is 0 Å². The zero-order valence-corrected chi connectivity index (χ0v) is 10.1. The topological polar surface area (TPSA) is 50.4 Å². The van der Waals surface area contributed by atoms with Gasteiger partial charge < -0.3 is 15.4 Å². The zero-order chi connectivity index (χ0) is 11.7. The van der Waals surface area contributed by atoms with Crippen LogP contribution in [0, 0.1) is 0 Å². The number of carbonyl (C=O) groups is 1. The third-order valence-corrected chi connectivity index (χ3v) is 1.95. The third kappa shape index (κ3) is 8.42.